The highest BCUT2D eigenvalue weighted by molar-refractivity contribution is 7.99. The molecule has 9 nitrogen and oxygen atoms in total. The molecule has 1 aromatic carbocycles. The molecule has 0 bridgehead atoms. The second kappa shape index (κ2) is 9.07. The largest absolute Gasteiger partial charge is 0.416 e. The van der Waals surface area contributed by atoms with Crippen LogP contribution >= 0.6 is 23.4 Å². The third kappa shape index (κ3) is 5.23. The van der Waals surface area contributed by atoms with Crippen LogP contribution in [0, 0.1) is 5.92 Å². The Morgan fingerprint density at radius 3 is 2.86 bits per heavy atom. The van der Waals surface area contributed by atoms with Gasteiger partial charge in [-0.2, -0.15) is 0 Å². The summed E-state index contributed by atoms with van der Waals surface area (Å²) in [6.45, 7) is 2.06. The van der Waals surface area contributed by atoms with Crippen molar-refractivity contribution in [3.63, 3.8) is 0 Å². The number of nitrogens with one attached hydrogen (secondary N) is 3. The molecule has 148 valence electrons. The topological polar surface area (TPSA) is 126 Å². The number of hydrogen-bond acceptors (Lipinski definition) is 7. The molecule has 1 aromatic heterocycles. The predicted octanol–water partition coefficient (Wildman–Crippen LogP) is 1.52. The Labute approximate surface area is 170 Å². The molecule has 0 radical (unpaired) electrons. The maximum atomic E-state index is 12.0. The van der Waals surface area contributed by atoms with Crippen LogP contribution in [0.5, 0.6) is 0 Å². The molecular formula is C17H18ClN5O4S. The van der Waals surface area contributed by atoms with Crippen LogP contribution in [0.3, 0.4) is 0 Å². The minimum atomic E-state index is -0.515. The molecule has 3 N–H and O–H groups in total. The van der Waals surface area contributed by atoms with Crippen molar-refractivity contribution in [2.45, 2.75) is 31.2 Å². The number of benzene rings is 1. The van der Waals surface area contributed by atoms with E-state index in [9.17, 15) is 14.4 Å². The van der Waals surface area contributed by atoms with Gasteiger partial charge < -0.3 is 15.1 Å². The summed E-state index contributed by atoms with van der Waals surface area (Å²) < 4.78 is 5.49. The van der Waals surface area contributed by atoms with E-state index < -0.39 is 11.9 Å². The molecule has 11 heteroatoms. The number of hydrogen-bond donors (Lipinski definition) is 3. The van der Waals surface area contributed by atoms with Crippen molar-refractivity contribution in [3.8, 4) is 0 Å². The van der Waals surface area contributed by atoms with Gasteiger partial charge in [0.1, 0.15) is 0 Å². The smallest absolute Gasteiger partial charge is 0.321 e. The summed E-state index contributed by atoms with van der Waals surface area (Å²) in [5.74, 6) is -0.727. The van der Waals surface area contributed by atoms with Crippen LogP contribution in [0.15, 0.2) is 33.9 Å². The number of nitrogens with zero attached hydrogens (tertiary/aromatic N) is 2. The molecule has 2 aromatic rings. The van der Waals surface area contributed by atoms with Crippen molar-refractivity contribution < 1.29 is 18.8 Å². The van der Waals surface area contributed by atoms with E-state index in [1.54, 1.807) is 13.0 Å². The van der Waals surface area contributed by atoms with Gasteiger partial charge in [-0.25, -0.2) is 4.79 Å². The quantitative estimate of drug-likeness (QED) is 0.576. The number of halogens is 1. The normalized spacial score (nSPS) is 19.1. The van der Waals surface area contributed by atoms with E-state index in [0.717, 1.165) is 17.3 Å². The van der Waals surface area contributed by atoms with E-state index >= 15 is 0 Å². The molecule has 2 heterocycles. The number of aromatic nitrogens is 2. The number of imide groups is 1. The highest BCUT2D eigenvalue weighted by Gasteiger charge is 2.34. The Hall–Kier alpha value is -2.59. The number of urea groups is 1. The Morgan fingerprint density at radius 2 is 2.11 bits per heavy atom. The van der Waals surface area contributed by atoms with Crippen molar-refractivity contribution >= 4 is 41.2 Å². The summed E-state index contributed by atoms with van der Waals surface area (Å²) in [5.41, 5.74) is 0.828. The first kappa shape index (κ1) is 20.2. The number of carbonyl (C=O) groups is 3. The van der Waals surface area contributed by atoms with Crippen LogP contribution < -0.4 is 16.0 Å². The standard InChI is InChI=1S/C17H18ClN5O4S/c1-9-11(15(25)21-16(26)20-9)6-14-22-23-17(27-14)28-8-13(24)19-7-10-4-2-3-5-12(10)18/h2-5,9,11H,6-8H2,1H3,(H,19,24)(H2,20,21,25,26). The molecule has 2 atom stereocenters. The van der Waals surface area contributed by atoms with Gasteiger partial charge in [0.25, 0.3) is 5.22 Å². The lowest BCUT2D eigenvalue weighted by molar-refractivity contribution is -0.125. The first-order chi connectivity index (χ1) is 13.4. The van der Waals surface area contributed by atoms with Crippen LogP contribution in [-0.4, -0.2) is 39.8 Å². The molecule has 2 unspecified atom stereocenters. The molecule has 1 saturated heterocycles. The van der Waals surface area contributed by atoms with E-state index in [1.165, 1.54) is 0 Å². The monoisotopic (exact) mass is 423 g/mol. The van der Waals surface area contributed by atoms with Gasteiger partial charge in [-0.05, 0) is 18.6 Å². The van der Waals surface area contributed by atoms with Crippen LogP contribution in [0.1, 0.15) is 18.4 Å². The molecule has 1 fully saturated rings. The van der Waals surface area contributed by atoms with E-state index in [0.29, 0.717) is 11.6 Å². The molecule has 3 rings (SSSR count). The third-order valence-corrected chi connectivity index (χ3v) is 5.33. The summed E-state index contributed by atoms with van der Waals surface area (Å²) in [6, 6.07) is 6.41. The lowest BCUT2D eigenvalue weighted by atomic mass is 9.95. The molecule has 4 amide bonds. The number of carbonyl (C=O) groups excluding carboxylic acids is 3. The first-order valence-corrected chi connectivity index (χ1v) is 9.85. The average molecular weight is 424 g/mol. The van der Waals surface area contributed by atoms with Crippen molar-refractivity contribution in [3.05, 3.63) is 40.7 Å². The summed E-state index contributed by atoms with van der Waals surface area (Å²) in [7, 11) is 0. The molecular weight excluding hydrogens is 406 g/mol. The summed E-state index contributed by atoms with van der Waals surface area (Å²) in [5, 5.41) is 16.2. The van der Waals surface area contributed by atoms with E-state index in [1.807, 2.05) is 18.2 Å². The lowest BCUT2D eigenvalue weighted by Crippen LogP contribution is -2.57. The maximum absolute atomic E-state index is 12.0. The minimum Gasteiger partial charge on any atom is -0.416 e. The number of thioether (sulfide) groups is 1. The van der Waals surface area contributed by atoms with Gasteiger partial charge in [-0.1, -0.05) is 41.6 Å². The molecule has 0 saturated carbocycles. The zero-order valence-corrected chi connectivity index (χ0v) is 16.5. The van der Waals surface area contributed by atoms with E-state index in [2.05, 4.69) is 26.1 Å². The van der Waals surface area contributed by atoms with Gasteiger partial charge in [0, 0.05) is 24.0 Å². The van der Waals surface area contributed by atoms with Gasteiger partial charge >= 0.3 is 6.03 Å². The van der Waals surface area contributed by atoms with Crippen molar-refractivity contribution in [2.75, 3.05) is 5.75 Å². The Kier molecular flexibility index (Phi) is 6.53. The highest BCUT2D eigenvalue weighted by Crippen LogP contribution is 2.20. The second-order valence-electron chi connectivity index (χ2n) is 6.18. The Balaban J connectivity index is 1.47. The second-order valence-corrected chi connectivity index (χ2v) is 7.51. The van der Waals surface area contributed by atoms with E-state index in [4.69, 9.17) is 16.0 Å². The van der Waals surface area contributed by atoms with Crippen LogP contribution in [0.25, 0.3) is 0 Å². The van der Waals surface area contributed by atoms with Gasteiger partial charge in [0.05, 0.1) is 11.7 Å². The van der Waals surface area contributed by atoms with Crippen molar-refractivity contribution in [1.82, 2.24) is 26.1 Å². The van der Waals surface area contributed by atoms with Gasteiger partial charge in [0.15, 0.2) is 0 Å². The average Bonchev–Trinajstić information content (AvgIpc) is 3.10. The SMILES string of the molecule is CC1NC(=O)NC(=O)C1Cc1nnc(SCC(=O)NCc2ccccc2Cl)o1. The molecule has 28 heavy (non-hydrogen) atoms. The molecule has 1 aliphatic rings. The van der Waals surface area contributed by atoms with Gasteiger partial charge in [-0.3, -0.25) is 14.9 Å². The summed E-state index contributed by atoms with van der Waals surface area (Å²) in [6.07, 6.45) is 0.194. The third-order valence-electron chi connectivity index (χ3n) is 4.14. The fourth-order valence-electron chi connectivity index (χ4n) is 2.63. The van der Waals surface area contributed by atoms with Crippen molar-refractivity contribution in [2.24, 2.45) is 5.92 Å². The predicted molar refractivity (Wildman–Crippen MR) is 102 cm³/mol. The fourth-order valence-corrected chi connectivity index (χ4v) is 3.44. The molecule has 0 aliphatic carbocycles. The van der Waals surface area contributed by atoms with Crippen molar-refractivity contribution in [1.29, 1.82) is 0 Å². The summed E-state index contributed by atoms with van der Waals surface area (Å²) >= 11 is 7.15. The molecule has 1 aliphatic heterocycles. The van der Waals surface area contributed by atoms with Gasteiger partial charge in [0.2, 0.25) is 17.7 Å². The van der Waals surface area contributed by atoms with Crippen LogP contribution in [-0.2, 0) is 22.6 Å². The maximum Gasteiger partial charge on any atom is 0.321 e. The number of rotatable bonds is 7. The lowest BCUT2D eigenvalue weighted by Gasteiger charge is -2.27. The highest BCUT2D eigenvalue weighted by atomic mass is 35.5. The summed E-state index contributed by atoms with van der Waals surface area (Å²) in [4.78, 5) is 35.2. The number of amides is 4. The Morgan fingerprint density at radius 1 is 1.32 bits per heavy atom. The first-order valence-electron chi connectivity index (χ1n) is 8.49. The zero-order valence-electron chi connectivity index (χ0n) is 14.9. The van der Waals surface area contributed by atoms with Gasteiger partial charge in [-0.15, -0.1) is 10.2 Å². The van der Waals surface area contributed by atoms with E-state index in [-0.39, 0.29) is 41.1 Å². The van der Waals surface area contributed by atoms with Crippen LogP contribution in [0.2, 0.25) is 5.02 Å². The van der Waals surface area contributed by atoms with Crippen LogP contribution in [0.4, 0.5) is 4.79 Å². The minimum absolute atomic E-state index is 0.0997. The Bertz CT molecular complexity index is 890. The molecule has 0 spiro atoms. The fraction of sp³-hybridized carbons (Fsp3) is 0.353. The zero-order chi connectivity index (χ0) is 20.1.